The Morgan fingerprint density at radius 1 is 0.393 bits per heavy atom. The Morgan fingerprint density at radius 3 is 1.79 bits per heavy atom. The van der Waals surface area contributed by atoms with E-state index in [9.17, 15) is 0 Å². The number of anilines is 3. The van der Waals surface area contributed by atoms with Crippen LogP contribution in [0.2, 0.25) is 0 Å². The largest absolute Gasteiger partial charge is 0.456 e. The molecule has 1 atom stereocenters. The van der Waals surface area contributed by atoms with Crippen molar-refractivity contribution in [3.63, 3.8) is 0 Å². The maximum absolute atomic E-state index is 6.67. The van der Waals surface area contributed by atoms with Crippen molar-refractivity contribution < 1.29 is 13.3 Å². The van der Waals surface area contributed by atoms with Gasteiger partial charge in [-0.1, -0.05) is 115 Å². The van der Waals surface area contributed by atoms with Crippen molar-refractivity contribution >= 4 is 82.9 Å². The van der Waals surface area contributed by atoms with Gasteiger partial charge in [0.05, 0.1) is 0 Å². The summed E-state index contributed by atoms with van der Waals surface area (Å²) in [6.07, 6.45) is 1.86. The molecule has 1 aliphatic rings. The Bertz CT molecular complexity index is 3660. The van der Waals surface area contributed by atoms with E-state index in [4.69, 9.17) is 13.3 Å². The zero-order valence-corrected chi connectivity index (χ0v) is 33.1. The second-order valence-electron chi connectivity index (χ2n) is 16.3. The summed E-state index contributed by atoms with van der Waals surface area (Å²) < 4.78 is 19.4. The molecular weight excluding hydrogens is 747 g/mol. The van der Waals surface area contributed by atoms with Gasteiger partial charge in [-0.15, -0.1) is 0 Å². The van der Waals surface area contributed by atoms with E-state index in [2.05, 4.69) is 181 Å². The fraction of sp³-hybridized carbons (Fsp3) is 0.0526. The van der Waals surface area contributed by atoms with Crippen molar-refractivity contribution in [1.29, 1.82) is 0 Å². The van der Waals surface area contributed by atoms with Gasteiger partial charge in [-0.25, -0.2) is 0 Å². The van der Waals surface area contributed by atoms with Crippen LogP contribution in [0.4, 0.5) is 17.1 Å². The van der Waals surface area contributed by atoms with Crippen LogP contribution in [0.5, 0.6) is 0 Å². The Morgan fingerprint density at radius 2 is 0.984 bits per heavy atom. The van der Waals surface area contributed by atoms with Crippen LogP contribution in [0.25, 0.3) is 88.1 Å². The predicted octanol–water partition coefficient (Wildman–Crippen LogP) is 16.3. The first-order valence-electron chi connectivity index (χ1n) is 21.1. The van der Waals surface area contributed by atoms with Gasteiger partial charge < -0.3 is 18.2 Å². The molecule has 0 spiro atoms. The van der Waals surface area contributed by atoms with E-state index in [1.165, 1.54) is 33.4 Å². The molecule has 0 saturated heterocycles. The van der Waals surface area contributed by atoms with Crippen molar-refractivity contribution in [2.75, 3.05) is 4.90 Å². The van der Waals surface area contributed by atoms with Gasteiger partial charge in [0.25, 0.3) is 0 Å². The van der Waals surface area contributed by atoms with E-state index >= 15 is 0 Å². The molecule has 4 heteroatoms. The molecule has 0 saturated carbocycles. The summed E-state index contributed by atoms with van der Waals surface area (Å²) in [5, 5.41) is 6.75. The van der Waals surface area contributed by atoms with Crippen LogP contribution in [-0.2, 0) is 6.42 Å². The number of benzene rings is 9. The van der Waals surface area contributed by atoms with Crippen LogP contribution in [0.1, 0.15) is 29.0 Å². The molecule has 61 heavy (non-hydrogen) atoms. The van der Waals surface area contributed by atoms with Crippen LogP contribution >= 0.6 is 0 Å². The first-order chi connectivity index (χ1) is 30.2. The van der Waals surface area contributed by atoms with Crippen molar-refractivity contribution in [3.8, 4) is 22.3 Å². The van der Waals surface area contributed by atoms with Crippen molar-refractivity contribution in [1.82, 2.24) is 0 Å². The molecule has 0 N–H and O–H groups in total. The first-order valence-corrected chi connectivity index (χ1v) is 21.1. The van der Waals surface area contributed by atoms with Crippen molar-refractivity contribution in [2.45, 2.75) is 18.8 Å². The lowest BCUT2D eigenvalue weighted by Gasteiger charge is -2.26. The van der Waals surface area contributed by atoms with Gasteiger partial charge in [0.2, 0.25) is 0 Å². The first kappa shape index (κ1) is 34.1. The van der Waals surface area contributed by atoms with E-state index < -0.39 is 0 Å². The highest BCUT2D eigenvalue weighted by atomic mass is 16.3. The van der Waals surface area contributed by atoms with Gasteiger partial charge in [0, 0.05) is 60.9 Å². The summed E-state index contributed by atoms with van der Waals surface area (Å²) in [5.41, 5.74) is 17.5. The van der Waals surface area contributed by atoms with Gasteiger partial charge in [-0.05, 0) is 125 Å². The minimum Gasteiger partial charge on any atom is -0.456 e. The highest BCUT2D eigenvalue weighted by Gasteiger charge is 2.29. The highest BCUT2D eigenvalue weighted by Crippen LogP contribution is 2.51. The summed E-state index contributed by atoms with van der Waals surface area (Å²) in [6.45, 7) is 0. The minimum atomic E-state index is 0.185. The van der Waals surface area contributed by atoms with E-state index in [-0.39, 0.29) is 5.92 Å². The lowest BCUT2D eigenvalue weighted by molar-refractivity contribution is 0.667. The van der Waals surface area contributed by atoms with E-state index in [1.807, 2.05) is 18.2 Å². The minimum absolute atomic E-state index is 0.185. The molecule has 0 bridgehead atoms. The van der Waals surface area contributed by atoms with E-state index in [0.29, 0.717) is 0 Å². The molecule has 0 radical (unpaired) electrons. The number of rotatable bonds is 5. The Kier molecular flexibility index (Phi) is 7.46. The standard InChI is InChI=1S/C57H37NO3/c1-2-12-38(13-3-1)58(40-28-31-52-48(34-40)44-16-7-10-20-50(44)59-52)39-26-22-35(23-27-39)41-29-24-36-33-54-57(47-18-8-11-21-51(47)61-54)56(55(36)46-17-5-4-14-42(41)46)37-25-30-45-43-15-6-9-19-49(43)60-53(45)32-37/h1-23,25-28,30-34,41H,24,29H2. The number of hydrogen-bond acceptors (Lipinski definition) is 4. The van der Waals surface area contributed by atoms with Crippen LogP contribution in [0.15, 0.2) is 207 Å². The molecule has 0 fully saturated rings. The third-order valence-electron chi connectivity index (χ3n) is 12.9. The summed E-state index contributed by atoms with van der Waals surface area (Å²) in [7, 11) is 0. The molecule has 13 rings (SSSR count). The zero-order chi connectivity index (χ0) is 40.0. The molecule has 12 aromatic rings. The number of hydrogen-bond donors (Lipinski definition) is 0. The molecular formula is C57H37NO3. The molecule has 4 nitrogen and oxygen atoms in total. The van der Waals surface area contributed by atoms with Crippen LogP contribution in [0.3, 0.4) is 0 Å². The fourth-order valence-electron chi connectivity index (χ4n) is 10.2. The molecule has 3 aromatic heterocycles. The molecule has 288 valence electrons. The Balaban J connectivity index is 0.957. The summed E-state index contributed by atoms with van der Waals surface area (Å²) >= 11 is 0. The molecule has 9 aromatic carbocycles. The molecule has 0 aliphatic heterocycles. The van der Waals surface area contributed by atoms with Crippen molar-refractivity contribution in [2.24, 2.45) is 0 Å². The van der Waals surface area contributed by atoms with Crippen molar-refractivity contribution in [3.05, 3.63) is 211 Å². The van der Waals surface area contributed by atoms with Crippen LogP contribution in [0, 0.1) is 0 Å². The van der Waals surface area contributed by atoms with Gasteiger partial charge in [0.1, 0.15) is 33.5 Å². The molecule has 1 unspecified atom stereocenters. The number of nitrogens with zero attached hydrogens (tertiary/aromatic N) is 1. The fourth-order valence-corrected chi connectivity index (χ4v) is 10.2. The van der Waals surface area contributed by atoms with Crippen LogP contribution in [-0.4, -0.2) is 0 Å². The van der Waals surface area contributed by atoms with Gasteiger partial charge in [0.15, 0.2) is 0 Å². The molecule has 1 aliphatic carbocycles. The summed E-state index contributed by atoms with van der Waals surface area (Å²) in [4.78, 5) is 2.34. The smallest absolute Gasteiger partial charge is 0.136 e. The Hall–Kier alpha value is -7.82. The third-order valence-corrected chi connectivity index (χ3v) is 12.9. The number of aryl methyl sites for hydroxylation is 1. The predicted molar refractivity (Wildman–Crippen MR) is 250 cm³/mol. The summed E-state index contributed by atoms with van der Waals surface area (Å²) in [5.74, 6) is 0.185. The van der Waals surface area contributed by atoms with Gasteiger partial charge in [-0.2, -0.15) is 0 Å². The second kappa shape index (κ2) is 13.4. The zero-order valence-electron chi connectivity index (χ0n) is 33.1. The number of para-hydroxylation sites is 4. The molecule has 3 heterocycles. The van der Waals surface area contributed by atoms with Gasteiger partial charge >= 0.3 is 0 Å². The maximum atomic E-state index is 6.67. The number of fused-ring (bicyclic) bond motifs is 12. The van der Waals surface area contributed by atoms with E-state index in [0.717, 1.165) is 101 Å². The average molecular weight is 784 g/mol. The SMILES string of the molecule is c1ccc(N(c2ccc(C3CCc4cc5oc6ccccc6c5c(-c5ccc6c(c5)oc5ccccc56)c4-c4ccccc43)cc2)c2ccc3oc4ccccc4c3c2)cc1. The maximum Gasteiger partial charge on any atom is 0.136 e. The average Bonchev–Trinajstić information content (AvgIpc) is 3.97. The molecule has 0 amide bonds. The number of furan rings is 3. The van der Waals surface area contributed by atoms with Crippen LogP contribution < -0.4 is 4.90 Å². The normalized spacial score (nSPS) is 13.9. The third kappa shape index (κ3) is 5.32. The highest BCUT2D eigenvalue weighted by molar-refractivity contribution is 6.18. The summed E-state index contributed by atoms with van der Waals surface area (Å²) in [6, 6.07) is 69.5. The van der Waals surface area contributed by atoms with Gasteiger partial charge in [-0.3, -0.25) is 0 Å². The van der Waals surface area contributed by atoms with E-state index in [1.54, 1.807) is 0 Å². The monoisotopic (exact) mass is 783 g/mol. The quantitative estimate of drug-likeness (QED) is 0.174. The lowest BCUT2D eigenvalue weighted by Crippen LogP contribution is -2.10. The Labute approximate surface area is 351 Å². The lowest BCUT2D eigenvalue weighted by atomic mass is 9.83. The second-order valence-corrected chi connectivity index (χ2v) is 16.3. The topological polar surface area (TPSA) is 42.7 Å².